The molecule has 0 atom stereocenters. The lowest BCUT2D eigenvalue weighted by molar-refractivity contribution is -0.129. The first-order valence-electron chi connectivity index (χ1n) is 7.83. The van der Waals surface area contributed by atoms with Gasteiger partial charge in [-0.3, -0.25) is 9.59 Å². The first-order chi connectivity index (χ1) is 11.5. The molecule has 1 fully saturated rings. The van der Waals surface area contributed by atoms with Gasteiger partial charge in [0.25, 0.3) is 5.91 Å². The van der Waals surface area contributed by atoms with Crippen molar-refractivity contribution in [1.29, 1.82) is 0 Å². The van der Waals surface area contributed by atoms with Crippen molar-refractivity contribution < 1.29 is 9.59 Å². The molecule has 2 aromatic rings. The maximum Gasteiger partial charge on any atom is 0.263 e. The van der Waals surface area contributed by atoms with Gasteiger partial charge in [-0.2, -0.15) is 0 Å². The van der Waals surface area contributed by atoms with Crippen molar-refractivity contribution in [1.82, 2.24) is 15.2 Å². The highest BCUT2D eigenvalue weighted by atomic mass is 35.5. The predicted octanol–water partition coefficient (Wildman–Crippen LogP) is 3.58. The van der Waals surface area contributed by atoms with E-state index < -0.39 is 0 Å². The summed E-state index contributed by atoms with van der Waals surface area (Å²) in [4.78, 5) is 32.2. The number of likely N-dealkylation sites (tertiary alicyclic amines) is 1. The minimum Gasteiger partial charge on any atom is -0.351 e. The zero-order valence-electron chi connectivity index (χ0n) is 13.3. The number of halogens is 1. The van der Waals surface area contributed by atoms with E-state index in [-0.39, 0.29) is 11.8 Å². The van der Waals surface area contributed by atoms with Crippen LogP contribution in [0.3, 0.4) is 0 Å². The average molecular weight is 384 g/mol. The summed E-state index contributed by atoms with van der Waals surface area (Å²) in [6, 6.07) is 3.73. The quantitative estimate of drug-likeness (QED) is 0.858. The van der Waals surface area contributed by atoms with Crippen molar-refractivity contribution in [2.24, 2.45) is 0 Å². The van der Waals surface area contributed by atoms with E-state index in [4.69, 9.17) is 11.6 Å². The topological polar surface area (TPSA) is 62.3 Å². The van der Waals surface area contributed by atoms with Crippen LogP contribution in [0.4, 0.5) is 0 Å². The van der Waals surface area contributed by atoms with Crippen molar-refractivity contribution >= 4 is 46.1 Å². The number of thiophene rings is 1. The number of thiazole rings is 1. The Balaban J connectivity index is 1.57. The maximum atomic E-state index is 12.3. The Bertz CT molecular complexity index is 750. The molecule has 3 rings (SSSR count). The highest BCUT2D eigenvalue weighted by Gasteiger charge is 2.19. The van der Waals surface area contributed by atoms with Gasteiger partial charge in [-0.05, 0) is 31.9 Å². The molecule has 0 spiro atoms. The molecule has 3 heterocycles. The second-order valence-corrected chi connectivity index (χ2v) is 8.35. The molecule has 24 heavy (non-hydrogen) atoms. The molecule has 0 aliphatic carbocycles. The molecule has 5 nitrogen and oxygen atoms in total. The molecule has 0 aromatic carbocycles. The van der Waals surface area contributed by atoms with Gasteiger partial charge in [-0.25, -0.2) is 4.98 Å². The Morgan fingerprint density at radius 1 is 1.29 bits per heavy atom. The van der Waals surface area contributed by atoms with Gasteiger partial charge in [-0.1, -0.05) is 11.6 Å². The second kappa shape index (κ2) is 7.63. The van der Waals surface area contributed by atoms with Crippen LogP contribution in [-0.4, -0.2) is 41.3 Å². The maximum absolute atomic E-state index is 12.3. The monoisotopic (exact) mass is 383 g/mol. The standard InChI is InChI=1S/C16H18ClN3O2S2/c1-10-14(24-16(19-10)11-4-5-12(17)23-11)15(22)18-7-6-13(21)20-8-2-3-9-20/h4-5H,2-3,6-9H2,1H3,(H,18,22). The van der Waals surface area contributed by atoms with Crippen LogP contribution in [0.1, 0.15) is 34.6 Å². The summed E-state index contributed by atoms with van der Waals surface area (Å²) in [5, 5.41) is 3.62. The van der Waals surface area contributed by atoms with Crippen LogP contribution in [0.15, 0.2) is 12.1 Å². The molecular weight excluding hydrogens is 366 g/mol. The fourth-order valence-electron chi connectivity index (χ4n) is 2.63. The van der Waals surface area contributed by atoms with Gasteiger partial charge in [0.2, 0.25) is 5.91 Å². The molecule has 2 amide bonds. The van der Waals surface area contributed by atoms with Gasteiger partial charge in [0, 0.05) is 26.1 Å². The van der Waals surface area contributed by atoms with Crippen LogP contribution >= 0.6 is 34.3 Å². The molecule has 0 unspecified atom stereocenters. The van der Waals surface area contributed by atoms with E-state index >= 15 is 0 Å². The minimum absolute atomic E-state index is 0.114. The van der Waals surface area contributed by atoms with Crippen LogP contribution in [0.2, 0.25) is 4.34 Å². The van der Waals surface area contributed by atoms with E-state index in [2.05, 4.69) is 10.3 Å². The fourth-order valence-corrected chi connectivity index (χ4v) is 4.71. The molecule has 0 saturated carbocycles. The van der Waals surface area contributed by atoms with Crippen LogP contribution in [0, 0.1) is 6.92 Å². The van der Waals surface area contributed by atoms with Gasteiger partial charge in [-0.15, -0.1) is 22.7 Å². The third-order valence-electron chi connectivity index (χ3n) is 3.87. The minimum atomic E-state index is -0.173. The van der Waals surface area contributed by atoms with Crippen LogP contribution in [0.25, 0.3) is 9.88 Å². The van der Waals surface area contributed by atoms with Crippen LogP contribution < -0.4 is 5.32 Å². The smallest absolute Gasteiger partial charge is 0.263 e. The van der Waals surface area contributed by atoms with Gasteiger partial charge >= 0.3 is 0 Å². The van der Waals surface area contributed by atoms with Gasteiger partial charge in [0.15, 0.2) is 0 Å². The molecular formula is C16H18ClN3O2S2. The third-order valence-corrected chi connectivity index (χ3v) is 6.43. The van der Waals surface area contributed by atoms with E-state index in [0.717, 1.165) is 35.8 Å². The number of aromatic nitrogens is 1. The zero-order chi connectivity index (χ0) is 17.1. The normalized spacial score (nSPS) is 14.2. The summed E-state index contributed by atoms with van der Waals surface area (Å²) in [5.41, 5.74) is 0.697. The predicted molar refractivity (Wildman–Crippen MR) is 97.9 cm³/mol. The highest BCUT2D eigenvalue weighted by Crippen LogP contribution is 2.34. The molecule has 1 saturated heterocycles. The molecule has 8 heteroatoms. The van der Waals surface area contributed by atoms with E-state index in [1.807, 2.05) is 24.0 Å². The Morgan fingerprint density at radius 3 is 2.71 bits per heavy atom. The summed E-state index contributed by atoms with van der Waals surface area (Å²) < 4.78 is 0.698. The number of rotatable bonds is 5. The number of hydrogen-bond acceptors (Lipinski definition) is 5. The Morgan fingerprint density at radius 2 is 2.04 bits per heavy atom. The molecule has 0 bridgehead atoms. The van der Waals surface area contributed by atoms with Gasteiger partial charge in [0.1, 0.15) is 9.88 Å². The number of aryl methyl sites for hydroxylation is 1. The molecule has 128 valence electrons. The van der Waals surface area contributed by atoms with Crippen molar-refractivity contribution in [2.45, 2.75) is 26.2 Å². The number of carbonyl (C=O) groups is 2. The summed E-state index contributed by atoms with van der Waals surface area (Å²) >= 11 is 8.74. The van der Waals surface area contributed by atoms with E-state index in [0.29, 0.717) is 27.9 Å². The van der Waals surface area contributed by atoms with Gasteiger partial charge in [0.05, 0.1) is 14.9 Å². The second-order valence-electron chi connectivity index (χ2n) is 5.63. The average Bonchev–Trinajstić information content (AvgIpc) is 3.27. The first kappa shape index (κ1) is 17.4. The lowest BCUT2D eigenvalue weighted by Crippen LogP contribution is -2.32. The lowest BCUT2D eigenvalue weighted by atomic mass is 10.3. The van der Waals surface area contributed by atoms with E-state index in [1.165, 1.54) is 22.7 Å². The van der Waals surface area contributed by atoms with Crippen molar-refractivity contribution in [2.75, 3.05) is 19.6 Å². The molecule has 0 radical (unpaired) electrons. The number of hydrogen-bond donors (Lipinski definition) is 1. The fraction of sp³-hybridized carbons (Fsp3) is 0.438. The largest absolute Gasteiger partial charge is 0.351 e. The highest BCUT2D eigenvalue weighted by molar-refractivity contribution is 7.24. The molecule has 1 N–H and O–H groups in total. The van der Waals surface area contributed by atoms with Crippen LogP contribution in [-0.2, 0) is 4.79 Å². The number of amides is 2. The van der Waals surface area contributed by atoms with Crippen molar-refractivity contribution in [3.8, 4) is 9.88 Å². The molecule has 2 aromatic heterocycles. The summed E-state index contributed by atoms with van der Waals surface area (Å²) in [7, 11) is 0. The first-order valence-corrected chi connectivity index (χ1v) is 9.85. The van der Waals surface area contributed by atoms with E-state index in [1.54, 1.807) is 0 Å². The zero-order valence-corrected chi connectivity index (χ0v) is 15.7. The molecule has 1 aliphatic rings. The summed E-state index contributed by atoms with van der Waals surface area (Å²) in [5.74, 6) is -0.0594. The van der Waals surface area contributed by atoms with Crippen molar-refractivity contribution in [3.63, 3.8) is 0 Å². The van der Waals surface area contributed by atoms with Gasteiger partial charge < -0.3 is 10.2 Å². The van der Waals surface area contributed by atoms with E-state index in [9.17, 15) is 9.59 Å². The summed E-state index contributed by atoms with van der Waals surface area (Å²) in [6.45, 7) is 3.85. The third kappa shape index (κ3) is 3.96. The number of carbonyl (C=O) groups excluding carboxylic acids is 2. The lowest BCUT2D eigenvalue weighted by Gasteiger charge is -2.15. The Labute approximate surface area is 153 Å². The SMILES string of the molecule is Cc1nc(-c2ccc(Cl)s2)sc1C(=O)NCCC(=O)N1CCCC1. The number of nitrogens with zero attached hydrogens (tertiary/aromatic N) is 2. The molecule has 1 aliphatic heterocycles. The van der Waals surface area contributed by atoms with Crippen LogP contribution in [0.5, 0.6) is 0 Å². The Hall–Kier alpha value is -1.44. The van der Waals surface area contributed by atoms with Crippen molar-refractivity contribution in [3.05, 3.63) is 27.0 Å². The number of nitrogens with one attached hydrogen (secondary N) is 1. The Kier molecular flexibility index (Phi) is 5.53. The summed E-state index contributed by atoms with van der Waals surface area (Å²) in [6.07, 6.45) is 2.50.